The van der Waals surface area contributed by atoms with Crippen LogP contribution in [0.4, 0.5) is 11.4 Å². The van der Waals surface area contributed by atoms with Crippen molar-refractivity contribution in [2.24, 2.45) is 0 Å². The van der Waals surface area contributed by atoms with Gasteiger partial charge < -0.3 is 10.2 Å². The van der Waals surface area contributed by atoms with Gasteiger partial charge in [-0.05, 0) is 29.8 Å². The molecule has 1 N–H and O–H groups in total. The highest BCUT2D eigenvalue weighted by atomic mass is 15.1. The van der Waals surface area contributed by atoms with Crippen molar-refractivity contribution in [3.63, 3.8) is 0 Å². The van der Waals surface area contributed by atoms with Gasteiger partial charge in [-0.15, -0.1) is 0 Å². The summed E-state index contributed by atoms with van der Waals surface area (Å²) in [6, 6.07) is 18.0. The quantitative estimate of drug-likeness (QED) is 0.906. The molecule has 0 aliphatic rings. The van der Waals surface area contributed by atoms with Gasteiger partial charge in [-0.2, -0.15) is 5.26 Å². The Hall–Kier alpha value is -2.47. The molecule has 0 aliphatic heterocycles. The van der Waals surface area contributed by atoms with Crippen LogP contribution in [0.3, 0.4) is 0 Å². The zero-order chi connectivity index (χ0) is 13.7. The van der Waals surface area contributed by atoms with E-state index in [1.165, 1.54) is 0 Å². The molecule has 0 aliphatic carbocycles. The van der Waals surface area contributed by atoms with Crippen LogP contribution in [-0.2, 0) is 6.54 Å². The van der Waals surface area contributed by atoms with Crippen molar-refractivity contribution >= 4 is 11.4 Å². The molecule has 0 saturated carbocycles. The van der Waals surface area contributed by atoms with Crippen molar-refractivity contribution < 1.29 is 0 Å². The van der Waals surface area contributed by atoms with E-state index in [4.69, 9.17) is 5.26 Å². The van der Waals surface area contributed by atoms with Crippen LogP contribution >= 0.6 is 0 Å². The van der Waals surface area contributed by atoms with Gasteiger partial charge in [-0.1, -0.05) is 24.3 Å². The van der Waals surface area contributed by atoms with Crippen molar-refractivity contribution in [1.82, 2.24) is 0 Å². The van der Waals surface area contributed by atoms with Gasteiger partial charge in [0, 0.05) is 20.6 Å². The highest BCUT2D eigenvalue weighted by Gasteiger charge is 2.03. The predicted molar refractivity (Wildman–Crippen MR) is 79.3 cm³/mol. The predicted octanol–water partition coefficient (Wildman–Crippen LogP) is 3.24. The fourth-order valence-electron chi connectivity index (χ4n) is 1.96. The van der Waals surface area contributed by atoms with E-state index in [9.17, 15) is 0 Å². The molecule has 0 bridgehead atoms. The van der Waals surface area contributed by atoms with Crippen molar-refractivity contribution in [3.05, 3.63) is 59.7 Å². The number of nitriles is 1. The molecule has 0 atom stereocenters. The first-order valence-electron chi connectivity index (χ1n) is 6.20. The molecule has 0 fully saturated rings. The third kappa shape index (κ3) is 3.26. The summed E-state index contributed by atoms with van der Waals surface area (Å²) in [5.41, 5.74) is 4.04. The first kappa shape index (κ1) is 13.0. The molecule has 0 unspecified atom stereocenters. The Morgan fingerprint density at radius 3 is 2.63 bits per heavy atom. The summed E-state index contributed by atoms with van der Waals surface area (Å²) >= 11 is 0. The number of nitrogens with one attached hydrogen (secondary N) is 1. The molecule has 2 aromatic carbocycles. The van der Waals surface area contributed by atoms with Gasteiger partial charge in [-0.3, -0.25) is 0 Å². The number of hydrogen-bond acceptors (Lipinski definition) is 3. The molecule has 0 radical (unpaired) electrons. The van der Waals surface area contributed by atoms with E-state index >= 15 is 0 Å². The van der Waals surface area contributed by atoms with E-state index in [-0.39, 0.29) is 0 Å². The van der Waals surface area contributed by atoms with Gasteiger partial charge in [0.1, 0.15) is 0 Å². The highest BCUT2D eigenvalue weighted by Crippen LogP contribution is 2.24. The van der Waals surface area contributed by atoms with Gasteiger partial charge in [0.15, 0.2) is 0 Å². The Bertz CT molecular complexity index is 597. The number of nitrogens with zero attached hydrogens (tertiary/aromatic N) is 2. The van der Waals surface area contributed by atoms with Gasteiger partial charge in [0.05, 0.1) is 23.0 Å². The fourth-order valence-corrected chi connectivity index (χ4v) is 1.96. The number of anilines is 2. The maximum atomic E-state index is 8.89. The molecular formula is C16H17N3. The van der Waals surface area contributed by atoms with Crippen LogP contribution in [0, 0.1) is 11.3 Å². The fraction of sp³-hybridized carbons (Fsp3) is 0.188. The number of rotatable bonds is 4. The second-order valence-electron chi connectivity index (χ2n) is 4.58. The summed E-state index contributed by atoms with van der Waals surface area (Å²) in [6.45, 7) is 0.709. The van der Waals surface area contributed by atoms with E-state index in [0.29, 0.717) is 12.1 Å². The van der Waals surface area contributed by atoms with Gasteiger partial charge in [0.2, 0.25) is 0 Å². The van der Waals surface area contributed by atoms with E-state index in [0.717, 1.165) is 16.9 Å². The minimum absolute atomic E-state index is 0.695. The van der Waals surface area contributed by atoms with E-state index in [1.807, 2.05) is 50.5 Å². The van der Waals surface area contributed by atoms with Crippen LogP contribution in [0.25, 0.3) is 0 Å². The number of benzene rings is 2. The Labute approximate surface area is 114 Å². The Balaban J connectivity index is 2.12. The molecule has 0 amide bonds. The monoisotopic (exact) mass is 251 g/mol. The molecule has 0 aromatic heterocycles. The third-order valence-corrected chi connectivity index (χ3v) is 2.92. The summed E-state index contributed by atoms with van der Waals surface area (Å²) in [4.78, 5) is 2.08. The van der Waals surface area contributed by atoms with Crippen LogP contribution in [-0.4, -0.2) is 14.1 Å². The lowest BCUT2D eigenvalue weighted by Gasteiger charge is -2.18. The zero-order valence-electron chi connectivity index (χ0n) is 11.2. The minimum atomic E-state index is 0.695. The van der Waals surface area contributed by atoms with Gasteiger partial charge in [-0.25, -0.2) is 0 Å². The summed E-state index contributed by atoms with van der Waals surface area (Å²) in [5.74, 6) is 0. The largest absolute Gasteiger partial charge is 0.379 e. The van der Waals surface area contributed by atoms with Gasteiger partial charge in [0.25, 0.3) is 0 Å². The van der Waals surface area contributed by atoms with Crippen LogP contribution < -0.4 is 10.2 Å². The Kier molecular flexibility index (Phi) is 4.04. The average Bonchev–Trinajstić information content (AvgIpc) is 2.45. The average molecular weight is 251 g/mol. The lowest BCUT2D eigenvalue weighted by molar-refractivity contribution is 1.10. The first-order chi connectivity index (χ1) is 9.20. The molecule has 0 heterocycles. The van der Waals surface area contributed by atoms with Crippen molar-refractivity contribution in [3.8, 4) is 6.07 Å². The van der Waals surface area contributed by atoms with Crippen molar-refractivity contribution in [2.45, 2.75) is 6.54 Å². The van der Waals surface area contributed by atoms with Crippen LogP contribution in [0.1, 0.15) is 11.1 Å². The van der Waals surface area contributed by atoms with Crippen LogP contribution in [0.5, 0.6) is 0 Å². The molecular weight excluding hydrogens is 234 g/mol. The number of hydrogen-bond donors (Lipinski definition) is 1. The second-order valence-corrected chi connectivity index (χ2v) is 4.58. The SMILES string of the molecule is CN(C)c1ccccc1NCc1cccc(C#N)c1. The topological polar surface area (TPSA) is 39.1 Å². The summed E-state index contributed by atoms with van der Waals surface area (Å²) in [5, 5.41) is 12.3. The molecule has 2 aromatic rings. The smallest absolute Gasteiger partial charge is 0.0991 e. The van der Waals surface area contributed by atoms with E-state index in [2.05, 4.69) is 28.4 Å². The van der Waals surface area contributed by atoms with Gasteiger partial charge >= 0.3 is 0 Å². The maximum Gasteiger partial charge on any atom is 0.0991 e. The van der Waals surface area contributed by atoms with E-state index in [1.54, 1.807) is 0 Å². The van der Waals surface area contributed by atoms with Crippen LogP contribution in [0.15, 0.2) is 48.5 Å². The standard InChI is InChI=1S/C16H17N3/c1-19(2)16-9-4-3-8-15(16)18-12-14-7-5-6-13(10-14)11-17/h3-10,18H,12H2,1-2H3. The normalized spacial score (nSPS) is 9.74. The summed E-state index contributed by atoms with van der Waals surface area (Å²) in [7, 11) is 4.05. The van der Waals surface area contributed by atoms with Crippen molar-refractivity contribution in [2.75, 3.05) is 24.3 Å². The molecule has 0 saturated heterocycles. The lowest BCUT2D eigenvalue weighted by atomic mass is 10.1. The molecule has 96 valence electrons. The molecule has 3 nitrogen and oxygen atoms in total. The first-order valence-corrected chi connectivity index (χ1v) is 6.20. The minimum Gasteiger partial charge on any atom is -0.379 e. The Morgan fingerprint density at radius 2 is 1.89 bits per heavy atom. The van der Waals surface area contributed by atoms with E-state index < -0.39 is 0 Å². The second kappa shape index (κ2) is 5.92. The summed E-state index contributed by atoms with van der Waals surface area (Å²) < 4.78 is 0. The molecule has 19 heavy (non-hydrogen) atoms. The number of para-hydroxylation sites is 2. The highest BCUT2D eigenvalue weighted by molar-refractivity contribution is 5.69. The molecule has 2 rings (SSSR count). The van der Waals surface area contributed by atoms with Crippen LogP contribution in [0.2, 0.25) is 0 Å². The molecule has 3 heteroatoms. The van der Waals surface area contributed by atoms with Crippen molar-refractivity contribution in [1.29, 1.82) is 5.26 Å². The zero-order valence-corrected chi connectivity index (χ0v) is 11.2. The third-order valence-electron chi connectivity index (χ3n) is 2.92. The molecule has 0 spiro atoms. The summed E-state index contributed by atoms with van der Waals surface area (Å²) in [6.07, 6.45) is 0. The maximum absolute atomic E-state index is 8.89. The lowest BCUT2D eigenvalue weighted by Crippen LogP contribution is -2.12. The Morgan fingerprint density at radius 1 is 1.11 bits per heavy atom.